The third-order valence-electron chi connectivity index (χ3n) is 3.57. The van der Waals surface area contributed by atoms with Gasteiger partial charge in [0.15, 0.2) is 0 Å². The Bertz CT molecular complexity index is 606. The molecule has 1 atom stereocenters. The Balaban J connectivity index is 2.32. The molecule has 2 rings (SSSR count). The van der Waals surface area contributed by atoms with Crippen molar-refractivity contribution in [2.75, 3.05) is 6.54 Å². The first-order valence-electron chi connectivity index (χ1n) is 7.45. The van der Waals surface area contributed by atoms with E-state index >= 15 is 0 Å². The quantitative estimate of drug-likeness (QED) is 0.888. The molecule has 21 heavy (non-hydrogen) atoms. The molecule has 2 aromatic heterocycles. The maximum atomic E-state index is 6.42. The second kappa shape index (κ2) is 7.05. The Morgan fingerprint density at radius 2 is 2.05 bits per heavy atom. The minimum atomic E-state index is 0.147. The summed E-state index contributed by atoms with van der Waals surface area (Å²) in [6.45, 7) is 9.86. The lowest BCUT2D eigenvalue weighted by molar-refractivity contribution is 0.506. The third kappa shape index (κ3) is 3.63. The lowest BCUT2D eigenvalue weighted by atomic mass is 10.1. The van der Waals surface area contributed by atoms with Crippen LogP contribution in [0.25, 0.3) is 0 Å². The monoisotopic (exact) mass is 306 g/mol. The van der Waals surface area contributed by atoms with E-state index in [9.17, 15) is 0 Å². The van der Waals surface area contributed by atoms with Gasteiger partial charge in [0.1, 0.15) is 0 Å². The predicted molar refractivity (Wildman–Crippen MR) is 86.7 cm³/mol. The molecular weight excluding hydrogens is 284 g/mol. The molecule has 114 valence electrons. The van der Waals surface area contributed by atoms with Crippen molar-refractivity contribution in [3.05, 3.63) is 46.0 Å². The van der Waals surface area contributed by atoms with Crippen LogP contribution in [0.15, 0.2) is 18.2 Å². The highest BCUT2D eigenvalue weighted by Gasteiger charge is 2.19. The number of hydrogen-bond donors (Lipinski definition) is 1. The molecule has 0 bridgehead atoms. The van der Waals surface area contributed by atoms with E-state index in [0.29, 0.717) is 0 Å². The van der Waals surface area contributed by atoms with Crippen molar-refractivity contribution in [1.82, 2.24) is 20.1 Å². The molecule has 0 saturated carbocycles. The average molecular weight is 307 g/mol. The van der Waals surface area contributed by atoms with Crippen molar-refractivity contribution >= 4 is 11.6 Å². The molecule has 0 aliphatic heterocycles. The van der Waals surface area contributed by atoms with E-state index < -0.39 is 0 Å². The molecule has 0 spiro atoms. The van der Waals surface area contributed by atoms with Crippen LogP contribution in [0.2, 0.25) is 5.02 Å². The van der Waals surface area contributed by atoms with Gasteiger partial charge in [0.2, 0.25) is 0 Å². The van der Waals surface area contributed by atoms with Crippen LogP contribution in [0.5, 0.6) is 0 Å². The van der Waals surface area contributed by atoms with Gasteiger partial charge in [-0.1, -0.05) is 24.6 Å². The van der Waals surface area contributed by atoms with Gasteiger partial charge in [-0.3, -0.25) is 9.67 Å². The first-order valence-corrected chi connectivity index (χ1v) is 7.83. The number of aryl methyl sites for hydroxylation is 3. The highest BCUT2D eigenvalue weighted by atomic mass is 35.5. The fraction of sp³-hybridized carbons (Fsp3) is 0.500. The van der Waals surface area contributed by atoms with Gasteiger partial charge in [-0.05, 0) is 39.4 Å². The first kappa shape index (κ1) is 16.0. The summed E-state index contributed by atoms with van der Waals surface area (Å²) >= 11 is 6.42. The van der Waals surface area contributed by atoms with E-state index in [0.717, 1.165) is 47.3 Å². The van der Waals surface area contributed by atoms with Gasteiger partial charge in [-0.2, -0.15) is 5.10 Å². The first-order chi connectivity index (χ1) is 10.1. The molecule has 0 aliphatic rings. The van der Waals surface area contributed by atoms with Crippen molar-refractivity contribution in [3.8, 4) is 0 Å². The number of halogens is 1. The Labute approximate surface area is 131 Å². The van der Waals surface area contributed by atoms with Crippen molar-refractivity contribution < 1.29 is 0 Å². The highest BCUT2D eigenvalue weighted by molar-refractivity contribution is 6.31. The van der Waals surface area contributed by atoms with E-state index in [1.807, 2.05) is 30.7 Å². The minimum absolute atomic E-state index is 0.147. The molecule has 2 heterocycles. The smallest absolute Gasteiger partial charge is 0.0847 e. The molecule has 0 saturated heterocycles. The summed E-state index contributed by atoms with van der Waals surface area (Å²) < 4.78 is 1.98. The van der Waals surface area contributed by atoms with Gasteiger partial charge in [0.05, 0.1) is 28.1 Å². The van der Waals surface area contributed by atoms with Crippen LogP contribution in [-0.2, 0) is 13.0 Å². The lowest BCUT2D eigenvalue weighted by Gasteiger charge is -2.18. The number of likely N-dealkylation sites (N-methyl/N-ethyl adjacent to an activating group) is 1. The molecule has 5 heteroatoms. The lowest BCUT2D eigenvalue weighted by Crippen LogP contribution is -2.25. The van der Waals surface area contributed by atoms with Gasteiger partial charge in [0.25, 0.3) is 0 Å². The van der Waals surface area contributed by atoms with Crippen LogP contribution in [0.3, 0.4) is 0 Å². The Morgan fingerprint density at radius 1 is 1.29 bits per heavy atom. The van der Waals surface area contributed by atoms with Crippen molar-refractivity contribution in [2.45, 2.75) is 46.7 Å². The van der Waals surface area contributed by atoms with E-state index in [1.54, 1.807) is 0 Å². The molecule has 1 unspecified atom stereocenters. The van der Waals surface area contributed by atoms with Crippen LogP contribution in [0, 0.1) is 13.8 Å². The average Bonchev–Trinajstić information content (AvgIpc) is 2.74. The van der Waals surface area contributed by atoms with Crippen LogP contribution >= 0.6 is 11.6 Å². The molecule has 1 N–H and O–H groups in total. The van der Waals surface area contributed by atoms with Crippen molar-refractivity contribution in [3.63, 3.8) is 0 Å². The molecule has 2 aromatic rings. The molecule has 4 nitrogen and oxygen atoms in total. The number of rotatable bonds is 6. The summed E-state index contributed by atoms with van der Waals surface area (Å²) in [5, 5.41) is 8.76. The topological polar surface area (TPSA) is 42.7 Å². The predicted octanol–water partition coefficient (Wildman–Crippen LogP) is 3.46. The largest absolute Gasteiger partial charge is 0.309 e. The van der Waals surface area contributed by atoms with Crippen LogP contribution in [0.1, 0.15) is 42.7 Å². The summed E-state index contributed by atoms with van der Waals surface area (Å²) in [6, 6.07) is 6.27. The van der Waals surface area contributed by atoms with E-state index in [1.165, 1.54) is 0 Å². The molecule has 0 radical (unpaired) electrons. The number of nitrogens with one attached hydrogen (secondary N) is 1. The Hall–Kier alpha value is -1.39. The Kier molecular flexibility index (Phi) is 5.37. The normalized spacial score (nSPS) is 12.6. The van der Waals surface area contributed by atoms with Gasteiger partial charge >= 0.3 is 0 Å². The fourth-order valence-corrected chi connectivity index (χ4v) is 2.76. The third-order valence-corrected chi connectivity index (χ3v) is 4.06. The molecule has 0 aromatic carbocycles. The zero-order valence-electron chi connectivity index (χ0n) is 13.2. The van der Waals surface area contributed by atoms with Gasteiger partial charge in [0, 0.05) is 18.7 Å². The SMILES string of the molecule is CCNC(Cc1c(Cl)c(C)nn1CC)c1cccc(C)n1. The fourth-order valence-electron chi connectivity index (χ4n) is 2.54. The molecule has 0 aliphatic carbocycles. The summed E-state index contributed by atoms with van der Waals surface area (Å²) in [7, 11) is 0. The number of hydrogen-bond acceptors (Lipinski definition) is 3. The standard InChI is InChI=1S/C16H23ClN4/c1-5-18-14(13-9-7-8-11(3)19-13)10-15-16(17)12(4)20-21(15)6-2/h7-9,14,18H,5-6,10H2,1-4H3. The number of aromatic nitrogens is 3. The van der Waals surface area contributed by atoms with Gasteiger partial charge < -0.3 is 5.32 Å². The second-order valence-corrected chi connectivity index (χ2v) is 5.56. The van der Waals surface area contributed by atoms with Gasteiger partial charge in [-0.15, -0.1) is 0 Å². The minimum Gasteiger partial charge on any atom is -0.309 e. The maximum absolute atomic E-state index is 6.42. The van der Waals surface area contributed by atoms with Crippen molar-refractivity contribution in [2.24, 2.45) is 0 Å². The molecule has 0 amide bonds. The van der Waals surface area contributed by atoms with Gasteiger partial charge in [-0.25, -0.2) is 0 Å². The number of pyridine rings is 1. The van der Waals surface area contributed by atoms with Crippen LogP contribution in [-0.4, -0.2) is 21.3 Å². The zero-order valence-corrected chi connectivity index (χ0v) is 13.9. The maximum Gasteiger partial charge on any atom is 0.0847 e. The Morgan fingerprint density at radius 3 is 2.67 bits per heavy atom. The summed E-state index contributed by atoms with van der Waals surface area (Å²) in [5.41, 5.74) is 4.04. The van der Waals surface area contributed by atoms with E-state index in [4.69, 9.17) is 11.6 Å². The van der Waals surface area contributed by atoms with Crippen molar-refractivity contribution in [1.29, 1.82) is 0 Å². The highest BCUT2D eigenvalue weighted by Crippen LogP contribution is 2.25. The van der Waals surface area contributed by atoms with E-state index in [-0.39, 0.29) is 6.04 Å². The summed E-state index contributed by atoms with van der Waals surface area (Å²) in [5.74, 6) is 0. The summed E-state index contributed by atoms with van der Waals surface area (Å²) in [6.07, 6.45) is 0.789. The summed E-state index contributed by atoms with van der Waals surface area (Å²) in [4.78, 5) is 4.65. The zero-order chi connectivity index (χ0) is 15.4. The number of nitrogens with zero attached hydrogens (tertiary/aromatic N) is 3. The second-order valence-electron chi connectivity index (χ2n) is 5.18. The van der Waals surface area contributed by atoms with E-state index in [2.05, 4.69) is 35.3 Å². The molecule has 0 fully saturated rings. The van der Waals surface area contributed by atoms with Crippen LogP contribution < -0.4 is 5.32 Å². The van der Waals surface area contributed by atoms with Crippen LogP contribution in [0.4, 0.5) is 0 Å². The molecular formula is C16H23ClN4.